The van der Waals surface area contributed by atoms with Gasteiger partial charge in [0.15, 0.2) is 0 Å². The number of piperidine rings is 1. The molecular formula is C22H27ClN4O3. The number of anilines is 1. The molecule has 3 rings (SSSR count). The average Bonchev–Trinajstić information content (AvgIpc) is 3.10. The Kier molecular flexibility index (Phi) is 6.37. The van der Waals surface area contributed by atoms with Crippen LogP contribution in [-0.4, -0.2) is 52.7 Å². The summed E-state index contributed by atoms with van der Waals surface area (Å²) < 4.78 is 0. The SMILES string of the molecule is CC(C)(C)N1CC(C(=O)N2CCC(C(=O)Nc3ccc(C#N)c(Cl)c3)CC2)CC1=O. The summed E-state index contributed by atoms with van der Waals surface area (Å²) in [6.45, 7) is 7.40. The minimum absolute atomic E-state index is 0.00725. The highest BCUT2D eigenvalue weighted by atomic mass is 35.5. The molecule has 0 spiro atoms. The largest absolute Gasteiger partial charge is 0.342 e. The van der Waals surface area contributed by atoms with Crippen LogP contribution >= 0.6 is 11.6 Å². The summed E-state index contributed by atoms with van der Waals surface area (Å²) in [7, 11) is 0. The molecule has 2 heterocycles. The summed E-state index contributed by atoms with van der Waals surface area (Å²) in [4.78, 5) is 41.3. The molecule has 160 valence electrons. The normalized spacial score (nSPS) is 20.2. The highest BCUT2D eigenvalue weighted by Gasteiger charge is 2.41. The number of carbonyl (C=O) groups excluding carboxylic acids is 3. The van der Waals surface area contributed by atoms with Gasteiger partial charge in [-0.3, -0.25) is 14.4 Å². The fraction of sp³-hybridized carbons (Fsp3) is 0.545. The van der Waals surface area contributed by atoms with Crippen LogP contribution in [0.1, 0.15) is 45.6 Å². The molecule has 7 nitrogen and oxygen atoms in total. The van der Waals surface area contributed by atoms with Crippen LogP contribution in [0.25, 0.3) is 0 Å². The van der Waals surface area contributed by atoms with Crippen molar-refractivity contribution in [1.29, 1.82) is 5.26 Å². The number of benzene rings is 1. The molecule has 1 aromatic rings. The smallest absolute Gasteiger partial charge is 0.227 e. The van der Waals surface area contributed by atoms with Crippen molar-refractivity contribution < 1.29 is 14.4 Å². The molecule has 1 aromatic carbocycles. The maximum absolute atomic E-state index is 12.9. The minimum atomic E-state index is -0.303. The van der Waals surface area contributed by atoms with Gasteiger partial charge in [0.1, 0.15) is 6.07 Å². The van der Waals surface area contributed by atoms with Gasteiger partial charge in [0.05, 0.1) is 16.5 Å². The first-order valence-electron chi connectivity index (χ1n) is 10.2. The lowest BCUT2D eigenvalue weighted by atomic mass is 9.94. The van der Waals surface area contributed by atoms with Crippen molar-refractivity contribution in [3.8, 4) is 6.07 Å². The molecule has 0 aromatic heterocycles. The van der Waals surface area contributed by atoms with Gasteiger partial charge >= 0.3 is 0 Å². The van der Waals surface area contributed by atoms with Crippen molar-refractivity contribution in [2.45, 2.75) is 45.6 Å². The quantitative estimate of drug-likeness (QED) is 0.797. The van der Waals surface area contributed by atoms with Gasteiger partial charge in [0.2, 0.25) is 17.7 Å². The van der Waals surface area contributed by atoms with Crippen molar-refractivity contribution in [1.82, 2.24) is 9.80 Å². The van der Waals surface area contributed by atoms with Gasteiger partial charge in [-0.25, -0.2) is 0 Å². The van der Waals surface area contributed by atoms with Crippen LogP contribution < -0.4 is 5.32 Å². The Labute approximate surface area is 182 Å². The summed E-state index contributed by atoms with van der Waals surface area (Å²) in [5.41, 5.74) is 0.622. The van der Waals surface area contributed by atoms with Gasteiger partial charge in [-0.15, -0.1) is 0 Å². The first-order valence-corrected chi connectivity index (χ1v) is 10.6. The van der Waals surface area contributed by atoms with Crippen LogP contribution in [0.2, 0.25) is 5.02 Å². The molecule has 0 saturated carbocycles. The first-order chi connectivity index (χ1) is 14.1. The number of amides is 3. The number of nitriles is 1. The van der Waals surface area contributed by atoms with E-state index < -0.39 is 0 Å². The number of hydrogen-bond acceptors (Lipinski definition) is 4. The molecule has 8 heteroatoms. The third kappa shape index (κ3) is 4.76. The third-order valence-corrected chi connectivity index (χ3v) is 6.13. The zero-order valence-electron chi connectivity index (χ0n) is 17.6. The van der Waals surface area contributed by atoms with E-state index in [1.807, 2.05) is 26.8 Å². The molecule has 0 radical (unpaired) electrons. The summed E-state index contributed by atoms with van der Waals surface area (Å²) in [5, 5.41) is 12.1. The lowest BCUT2D eigenvalue weighted by Gasteiger charge is -2.34. The van der Waals surface area contributed by atoms with Crippen LogP contribution in [0.15, 0.2) is 18.2 Å². The average molecular weight is 431 g/mol. The fourth-order valence-corrected chi connectivity index (χ4v) is 4.29. The zero-order valence-corrected chi connectivity index (χ0v) is 18.3. The maximum atomic E-state index is 12.9. The third-order valence-electron chi connectivity index (χ3n) is 5.82. The van der Waals surface area contributed by atoms with E-state index in [0.29, 0.717) is 48.7 Å². The predicted molar refractivity (Wildman–Crippen MR) is 114 cm³/mol. The van der Waals surface area contributed by atoms with E-state index in [2.05, 4.69) is 5.32 Å². The lowest BCUT2D eigenvalue weighted by Crippen LogP contribution is -2.46. The van der Waals surface area contributed by atoms with Crippen molar-refractivity contribution >= 4 is 35.0 Å². The molecule has 2 saturated heterocycles. The Balaban J connectivity index is 1.53. The Hall–Kier alpha value is -2.59. The molecule has 30 heavy (non-hydrogen) atoms. The highest BCUT2D eigenvalue weighted by molar-refractivity contribution is 6.32. The summed E-state index contributed by atoms with van der Waals surface area (Å²) in [6.07, 6.45) is 1.41. The highest BCUT2D eigenvalue weighted by Crippen LogP contribution is 2.29. The summed E-state index contributed by atoms with van der Waals surface area (Å²) in [5.74, 6) is -0.579. The number of hydrogen-bond donors (Lipinski definition) is 1. The van der Waals surface area contributed by atoms with E-state index in [1.165, 1.54) is 0 Å². The van der Waals surface area contributed by atoms with Gasteiger partial charge in [-0.05, 0) is 51.8 Å². The minimum Gasteiger partial charge on any atom is -0.342 e. The lowest BCUT2D eigenvalue weighted by molar-refractivity contribution is -0.138. The molecule has 1 atom stereocenters. The summed E-state index contributed by atoms with van der Waals surface area (Å²) in [6, 6.07) is 6.77. The molecule has 1 unspecified atom stereocenters. The number of carbonyl (C=O) groups is 3. The molecule has 3 amide bonds. The second-order valence-corrected chi connectivity index (χ2v) is 9.38. The standard InChI is InChI=1S/C22H27ClN4O3/c1-22(2,3)27-13-16(10-19(27)28)21(30)26-8-6-14(7-9-26)20(29)25-17-5-4-15(12-24)18(23)11-17/h4-5,11,14,16H,6-10,13H2,1-3H3,(H,25,29). The number of nitrogens with one attached hydrogen (secondary N) is 1. The molecule has 2 fully saturated rings. The van der Waals surface area contributed by atoms with Crippen LogP contribution in [0.4, 0.5) is 5.69 Å². The second-order valence-electron chi connectivity index (χ2n) is 8.97. The van der Waals surface area contributed by atoms with Gasteiger partial charge < -0.3 is 15.1 Å². The Morgan fingerprint density at radius 1 is 1.20 bits per heavy atom. The van der Waals surface area contributed by atoms with Crippen molar-refractivity contribution in [3.63, 3.8) is 0 Å². The molecule has 1 N–H and O–H groups in total. The predicted octanol–water partition coefficient (Wildman–Crippen LogP) is 3.04. The van der Waals surface area contributed by atoms with Crippen LogP contribution in [-0.2, 0) is 14.4 Å². The van der Waals surface area contributed by atoms with Gasteiger partial charge in [0.25, 0.3) is 0 Å². The van der Waals surface area contributed by atoms with Gasteiger partial charge in [-0.2, -0.15) is 5.26 Å². The van der Waals surface area contributed by atoms with Crippen LogP contribution in [0, 0.1) is 23.2 Å². The Morgan fingerprint density at radius 2 is 1.87 bits per heavy atom. The van der Waals surface area contributed by atoms with E-state index >= 15 is 0 Å². The molecule has 0 bridgehead atoms. The fourth-order valence-electron chi connectivity index (χ4n) is 4.07. The number of nitrogens with zero attached hydrogens (tertiary/aromatic N) is 3. The van der Waals surface area contributed by atoms with E-state index in [-0.39, 0.29) is 41.5 Å². The van der Waals surface area contributed by atoms with Crippen LogP contribution in [0.5, 0.6) is 0 Å². The van der Waals surface area contributed by atoms with Crippen LogP contribution in [0.3, 0.4) is 0 Å². The molecule has 2 aliphatic rings. The van der Waals surface area contributed by atoms with E-state index in [0.717, 1.165) is 0 Å². The van der Waals surface area contributed by atoms with Gasteiger partial charge in [0, 0.05) is 43.2 Å². The topological polar surface area (TPSA) is 93.5 Å². The number of rotatable bonds is 3. The van der Waals surface area contributed by atoms with Crippen molar-refractivity contribution in [2.75, 3.05) is 25.0 Å². The summed E-state index contributed by atoms with van der Waals surface area (Å²) >= 11 is 6.02. The monoisotopic (exact) mass is 430 g/mol. The number of likely N-dealkylation sites (tertiary alicyclic amines) is 2. The maximum Gasteiger partial charge on any atom is 0.227 e. The van der Waals surface area contributed by atoms with Crippen molar-refractivity contribution in [3.05, 3.63) is 28.8 Å². The Bertz CT molecular complexity index is 895. The Morgan fingerprint density at radius 3 is 2.40 bits per heavy atom. The zero-order chi connectivity index (χ0) is 22.1. The van der Waals surface area contributed by atoms with E-state index in [4.69, 9.17) is 16.9 Å². The van der Waals surface area contributed by atoms with E-state index in [9.17, 15) is 14.4 Å². The second kappa shape index (κ2) is 8.65. The number of halogens is 1. The first kappa shape index (κ1) is 22.1. The van der Waals surface area contributed by atoms with Gasteiger partial charge in [-0.1, -0.05) is 11.6 Å². The molecular weight excluding hydrogens is 404 g/mol. The molecule has 0 aliphatic carbocycles. The molecule has 2 aliphatic heterocycles. The van der Waals surface area contributed by atoms with Crippen molar-refractivity contribution in [2.24, 2.45) is 11.8 Å². The van der Waals surface area contributed by atoms with E-state index in [1.54, 1.807) is 28.0 Å².